The first-order valence-corrected chi connectivity index (χ1v) is 9.74. The zero-order valence-corrected chi connectivity index (χ0v) is 17.2. The maximum Gasteiger partial charge on any atom is 0.336 e. The van der Waals surface area contributed by atoms with Crippen molar-refractivity contribution in [1.82, 2.24) is 0 Å². The minimum absolute atomic E-state index is 0.163. The van der Waals surface area contributed by atoms with Gasteiger partial charge in [0.15, 0.2) is 17.8 Å². The molecule has 0 unspecified atom stereocenters. The van der Waals surface area contributed by atoms with Crippen LogP contribution in [-0.2, 0) is 14.3 Å². The zero-order chi connectivity index (χ0) is 22.2. The van der Waals surface area contributed by atoms with Gasteiger partial charge in [0.25, 0.3) is 0 Å². The molecule has 0 bridgehead atoms. The van der Waals surface area contributed by atoms with Crippen LogP contribution in [0.5, 0.6) is 17.2 Å². The lowest BCUT2D eigenvalue weighted by molar-refractivity contribution is -0.385. The van der Waals surface area contributed by atoms with Gasteiger partial charge in [0.05, 0.1) is 31.9 Å². The van der Waals surface area contributed by atoms with Crippen molar-refractivity contribution in [2.45, 2.75) is 19.6 Å². The number of benzene rings is 2. The summed E-state index contributed by atoms with van der Waals surface area (Å²) in [5, 5.41) is 11.5. The van der Waals surface area contributed by atoms with E-state index in [0.29, 0.717) is 42.4 Å². The van der Waals surface area contributed by atoms with E-state index in [0.717, 1.165) is 6.42 Å². The number of hydrogen-bond donors (Lipinski definition) is 0. The Hall–Kier alpha value is -3.43. The van der Waals surface area contributed by atoms with E-state index < -0.39 is 17.2 Å². The Morgan fingerprint density at radius 3 is 2.58 bits per heavy atom. The van der Waals surface area contributed by atoms with Crippen molar-refractivity contribution in [3.8, 4) is 17.2 Å². The molecule has 3 rings (SSSR count). The Morgan fingerprint density at radius 2 is 1.90 bits per heavy atom. The van der Waals surface area contributed by atoms with Crippen LogP contribution in [0.25, 0.3) is 6.08 Å². The first-order valence-electron chi connectivity index (χ1n) is 9.74. The van der Waals surface area contributed by atoms with Crippen LogP contribution in [0.3, 0.4) is 0 Å². The number of hydrogen-bond acceptors (Lipinski definition) is 8. The average molecular weight is 429 g/mol. The maximum absolute atomic E-state index is 12.2. The van der Waals surface area contributed by atoms with Crippen LogP contribution in [0.15, 0.2) is 42.5 Å². The average Bonchev–Trinajstić information content (AvgIpc) is 2.79. The summed E-state index contributed by atoms with van der Waals surface area (Å²) in [5.74, 6) is 0.194. The lowest BCUT2D eigenvalue weighted by Gasteiger charge is -2.23. The van der Waals surface area contributed by atoms with Crippen molar-refractivity contribution in [1.29, 1.82) is 0 Å². The smallest absolute Gasteiger partial charge is 0.336 e. The minimum atomic E-state index is -0.756. The molecule has 1 heterocycles. The normalized spacial score (nSPS) is 14.4. The predicted octanol–water partition coefficient (Wildman–Crippen LogP) is 4.06. The number of ether oxygens (including phenoxy) is 5. The van der Waals surface area contributed by atoms with Crippen LogP contribution in [-0.4, -0.2) is 37.8 Å². The van der Waals surface area contributed by atoms with Crippen molar-refractivity contribution < 1.29 is 33.4 Å². The van der Waals surface area contributed by atoms with Crippen LogP contribution in [0.1, 0.15) is 30.8 Å². The van der Waals surface area contributed by atoms with E-state index in [2.05, 4.69) is 0 Å². The van der Waals surface area contributed by atoms with Gasteiger partial charge in [-0.05, 0) is 49.2 Å². The summed E-state index contributed by atoms with van der Waals surface area (Å²) in [6.07, 6.45) is 2.79. The van der Waals surface area contributed by atoms with Crippen molar-refractivity contribution in [2.24, 2.45) is 0 Å². The number of nitrogens with zero attached hydrogens (tertiary/aromatic N) is 1. The van der Waals surface area contributed by atoms with Gasteiger partial charge in [-0.3, -0.25) is 10.1 Å². The van der Waals surface area contributed by atoms with Gasteiger partial charge in [-0.15, -0.1) is 0 Å². The van der Waals surface area contributed by atoms with Gasteiger partial charge in [-0.2, -0.15) is 0 Å². The molecule has 0 aromatic heterocycles. The Morgan fingerprint density at radius 1 is 1.16 bits per heavy atom. The lowest BCUT2D eigenvalue weighted by atomic mass is 10.1. The van der Waals surface area contributed by atoms with Gasteiger partial charge in [0, 0.05) is 17.7 Å². The summed E-state index contributed by atoms with van der Waals surface area (Å²) >= 11 is 0. The molecule has 1 saturated heterocycles. The molecule has 0 N–H and O–H groups in total. The lowest BCUT2D eigenvalue weighted by Crippen LogP contribution is -2.18. The summed E-state index contributed by atoms with van der Waals surface area (Å²) in [6, 6.07) is 9.41. The molecule has 0 saturated carbocycles. The minimum Gasteiger partial charge on any atom is -0.493 e. The third-order valence-electron chi connectivity index (χ3n) is 4.39. The van der Waals surface area contributed by atoms with Crippen LogP contribution < -0.4 is 14.2 Å². The predicted molar refractivity (Wildman–Crippen MR) is 111 cm³/mol. The fourth-order valence-electron chi connectivity index (χ4n) is 2.96. The molecule has 31 heavy (non-hydrogen) atoms. The summed E-state index contributed by atoms with van der Waals surface area (Å²) in [6.45, 7) is 3.38. The number of rotatable bonds is 8. The number of nitro benzene ring substituents is 1. The Bertz CT molecular complexity index is 966. The molecule has 0 aliphatic carbocycles. The van der Waals surface area contributed by atoms with Crippen molar-refractivity contribution in [3.63, 3.8) is 0 Å². The van der Waals surface area contributed by atoms with E-state index in [-0.39, 0.29) is 11.4 Å². The standard InChI is InChI=1S/C22H23NO8/c1-3-28-19-8-5-15(13-20(19)27-2)6-10-21(24)31-18-9-7-16(14-17(18)23(25)26)22-29-11-4-12-30-22/h5-10,13-14,22H,3-4,11-12H2,1-2H3/b10-6+. The third-order valence-corrected chi connectivity index (χ3v) is 4.39. The van der Waals surface area contributed by atoms with Crippen molar-refractivity contribution >= 4 is 17.7 Å². The molecule has 0 atom stereocenters. The van der Waals surface area contributed by atoms with Gasteiger partial charge in [-0.25, -0.2) is 4.79 Å². The molecular formula is C22H23NO8. The maximum atomic E-state index is 12.2. The number of carbonyl (C=O) groups excluding carboxylic acids is 1. The van der Waals surface area contributed by atoms with Gasteiger partial charge in [-0.1, -0.05) is 6.07 Å². The van der Waals surface area contributed by atoms with Crippen molar-refractivity contribution in [3.05, 3.63) is 63.7 Å². The topological polar surface area (TPSA) is 106 Å². The monoisotopic (exact) mass is 429 g/mol. The van der Waals surface area contributed by atoms with Crippen LogP contribution in [0.4, 0.5) is 5.69 Å². The fourth-order valence-corrected chi connectivity index (χ4v) is 2.96. The summed E-state index contributed by atoms with van der Waals surface area (Å²) in [7, 11) is 1.52. The van der Waals surface area contributed by atoms with E-state index in [1.807, 2.05) is 6.92 Å². The zero-order valence-electron chi connectivity index (χ0n) is 17.2. The Balaban J connectivity index is 1.73. The van der Waals surface area contributed by atoms with Gasteiger partial charge >= 0.3 is 11.7 Å². The Labute approximate surface area is 179 Å². The summed E-state index contributed by atoms with van der Waals surface area (Å²) in [5.41, 5.74) is 0.816. The molecule has 0 spiro atoms. The molecule has 0 radical (unpaired) electrons. The quantitative estimate of drug-likeness (QED) is 0.203. The summed E-state index contributed by atoms with van der Waals surface area (Å²) in [4.78, 5) is 23.1. The number of nitro groups is 1. The number of carbonyl (C=O) groups is 1. The number of methoxy groups -OCH3 is 1. The molecule has 1 aliphatic heterocycles. The van der Waals surface area contributed by atoms with Gasteiger partial charge in [0.1, 0.15) is 0 Å². The van der Waals surface area contributed by atoms with E-state index >= 15 is 0 Å². The van der Waals surface area contributed by atoms with Crippen LogP contribution >= 0.6 is 0 Å². The second kappa shape index (κ2) is 10.6. The second-order valence-electron chi connectivity index (χ2n) is 6.51. The van der Waals surface area contributed by atoms with E-state index in [1.54, 1.807) is 24.3 Å². The fraction of sp³-hybridized carbons (Fsp3) is 0.318. The van der Waals surface area contributed by atoms with Gasteiger partial charge in [0.2, 0.25) is 5.75 Å². The molecule has 1 aliphatic rings. The molecule has 2 aromatic carbocycles. The first kappa shape index (κ1) is 22.3. The number of esters is 1. The van der Waals surface area contributed by atoms with Crippen LogP contribution in [0, 0.1) is 10.1 Å². The first-order chi connectivity index (χ1) is 15.0. The third kappa shape index (κ3) is 5.80. The molecule has 2 aromatic rings. The highest BCUT2D eigenvalue weighted by Crippen LogP contribution is 2.33. The van der Waals surface area contributed by atoms with Gasteiger partial charge < -0.3 is 23.7 Å². The van der Waals surface area contributed by atoms with E-state index in [4.69, 9.17) is 23.7 Å². The van der Waals surface area contributed by atoms with Crippen molar-refractivity contribution in [2.75, 3.05) is 26.9 Å². The molecule has 9 heteroatoms. The molecule has 0 amide bonds. The van der Waals surface area contributed by atoms with E-state index in [9.17, 15) is 14.9 Å². The second-order valence-corrected chi connectivity index (χ2v) is 6.51. The highest BCUT2D eigenvalue weighted by atomic mass is 16.7. The van der Waals surface area contributed by atoms with E-state index in [1.165, 1.54) is 31.4 Å². The molecule has 1 fully saturated rings. The highest BCUT2D eigenvalue weighted by molar-refractivity contribution is 5.89. The Kier molecular flexibility index (Phi) is 7.58. The summed E-state index contributed by atoms with van der Waals surface area (Å²) < 4.78 is 26.8. The molecular weight excluding hydrogens is 406 g/mol. The molecule has 164 valence electrons. The largest absolute Gasteiger partial charge is 0.493 e. The highest BCUT2D eigenvalue weighted by Gasteiger charge is 2.23. The van der Waals surface area contributed by atoms with Crippen LogP contribution in [0.2, 0.25) is 0 Å². The molecule has 9 nitrogen and oxygen atoms in total. The SMILES string of the molecule is CCOc1ccc(/C=C/C(=O)Oc2ccc(C3OCCCO3)cc2[N+](=O)[O-])cc1OC.